The number of nitrogens with zero attached hydrogens (tertiary/aromatic N) is 4. The number of hydrogen-bond donors (Lipinski definition) is 4. The molecule has 198 valence electrons. The summed E-state index contributed by atoms with van der Waals surface area (Å²) in [4.78, 5) is 4.50. The quantitative estimate of drug-likeness (QED) is 0.318. The Morgan fingerprint density at radius 3 is 2.54 bits per heavy atom. The molecule has 2 heterocycles. The zero-order chi connectivity index (χ0) is 27.1. The highest BCUT2D eigenvalue weighted by Gasteiger charge is 2.35. The van der Waals surface area contributed by atoms with Crippen LogP contribution in [0.15, 0.2) is 54.5 Å². The maximum Gasteiger partial charge on any atom is 0.123 e. The number of halogens is 1. The molecule has 0 radical (unpaired) electrons. The van der Waals surface area contributed by atoms with Crippen LogP contribution in [0.5, 0.6) is 0 Å². The molecule has 1 aromatic heterocycles. The molecule has 2 unspecified atom stereocenters. The van der Waals surface area contributed by atoms with Gasteiger partial charge >= 0.3 is 0 Å². The fraction of sp³-hybridized carbons (Fsp3) is 0.367. The van der Waals surface area contributed by atoms with Crippen molar-refractivity contribution in [3.05, 3.63) is 77.0 Å². The van der Waals surface area contributed by atoms with Gasteiger partial charge in [0.25, 0.3) is 0 Å². The number of nitrogens with one attached hydrogen (secondary N) is 4. The smallest absolute Gasteiger partial charge is 0.123 e. The summed E-state index contributed by atoms with van der Waals surface area (Å²) in [6.45, 7) is 4.49. The molecule has 8 nitrogen and oxygen atoms in total. The molecule has 2 aromatic carbocycles. The van der Waals surface area contributed by atoms with E-state index in [9.17, 15) is 14.9 Å². The summed E-state index contributed by atoms with van der Waals surface area (Å²) < 4.78 is 13.8. The topological polar surface area (TPSA) is 112 Å². The van der Waals surface area contributed by atoms with Crippen molar-refractivity contribution in [3.8, 4) is 12.1 Å². The zero-order valence-electron chi connectivity index (χ0n) is 22.1. The molecule has 2 atom stereocenters. The van der Waals surface area contributed by atoms with Gasteiger partial charge in [-0.05, 0) is 60.9 Å². The van der Waals surface area contributed by atoms with Crippen LogP contribution in [0, 0.1) is 33.9 Å². The summed E-state index contributed by atoms with van der Waals surface area (Å²) in [6, 6.07) is 15.0. The summed E-state index contributed by atoms with van der Waals surface area (Å²) in [5.41, 5.74) is 11.1. The van der Waals surface area contributed by atoms with Crippen molar-refractivity contribution in [2.45, 2.75) is 64.1 Å². The fourth-order valence-corrected chi connectivity index (χ4v) is 5.68. The van der Waals surface area contributed by atoms with E-state index in [2.05, 4.69) is 57.6 Å². The SMILES string of the molecule is CC1(C)CCCC1Nc1c(C#N)cnc2c(C#N)cc(NC(C3=CN(C4CC4)NN3)c3ccc(F)cc3)cc12. The number of aromatic nitrogens is 1. The van der Waals surface area contributed by atoms with Crippen molar-refractivity contribution in [2.75, 3.05) is 10.6 Å². The molecule has 3 aliphatic rings. The number of fused-ring (bicyclic) bond motifs is 1. The van der Waals surface area contributed by atoms with Gasteiger partial charge in [0.15, 0.2) is 0 Å². The van der Waals surface area contributed by atoms with E-state index < -0.39 is 0 Å². The van der Waals surface area contributed by atoms with Gasteiger partial charge in [0.1, 0.15) is 18.0 Å². The molecule has 2 fully saturated rings. The molecule has 6 rings (SSSR count). The van der Waals surface area contributed by atoms with Gasteiger partial charge in [0.05, 0.1) is 34.1 Å². The minimum Gasteiger partial charge on any atom is -0.380 e. The third kappa shape index (κ3) is 4.82. The number of rotatable bonds is 7. The van der Waals surface area contributed by atoms with E-state index in [-0.39, 0.29) is 23.3 Å². The molecule has 9 heteroatoms. The molecule has 0 spiro atoms. The number of benzene rings is 2. The van der Waals surface area contributed by atoms with Crippen LogP contribution in [0.4, 0.5) is 15.8 Å². The summed E-state index contributed by atoms with van der Waals surface area (Å²) in [5, 5.41) is 30.0. The minimum atomic E-state index is -0.344. The molecule has 0 bridgehead atoms. The van der Waals surface area contributed by atoms with Crippen LogP contribution in [-0.4, -0.2) is 22.1 Å². The number of anilines is 2. The molecule has 39 heavy (non-hydrogen) atoms. The van der Waals surface area contributed by atoms with Gasteiger partial charge in [-0.2, -0.15) is 10.5 Å². The molecular formula is C30H31FN8. The largest absolute Gasteiger partial charge is 0.380 e. The van der Waals surface area contributed by atoms with Crippen LogP contribution in [0.3, 0.4) is 0 Å². The fourth-order valence-electron chi connectivity index (χ4n) is 5.68. The highest BCUT2D eigenvalue weighted by atomic mass is 19.1. The molecule has 0 amide bonds. The Kier molecular flexibility index (Phi) is 6.25. The van der Waals surface area contributed by atoms with Crippen LogP contribution in [-0.2, 0) is 0 Å². The standard InChI is InChI=1S/C30H31FN8/c1-30(2)11-3-4-26(30)36-28-20(15-33)16-34-27-19(14-32)12-22(13-24(27)28)35-29(18-5-7-21(31)8-6-18)25-17-39(38-37-25)23-9-10-23/h5-8,12-13,16-17,23,26,29,35,37-38H,3-4,9-11H2,1-2H3,(H,34,36). The summed E-state index contributed by atoms with van der Waals surface area (Å²) in [5.74, 6) is -0.304. The maximum atomic E-state index is 13.8. The van der Waals surface area contributed by atoms with E-state index >= 15 is 0 Å². The minimum absolute atomic E-state index is 0.0883. The van der Waals surface area contributed by atoms with Crippen molar-refractivity contribution in [1.82, 2.24) is 21.0 Å². The highest BCUT2D eigenvalue weighted by Crippen LogP contribution is 2.41. The van der Waals surface area contributed by atoms with Crippen LogP contribution in [0.1, 0.15) is 68.7 Å². The first-order valence-electron chi connectivity index (χ1n) is 13.4. The molecule has 3 aromatic rings. The van der Waals surface area contributed by atoms with Crippen molar-refractivity contribution >= 4 is 22.3 Å². The van der Waals surface area contributed by atoms with E-state index in [1.807, 2.05) is 12.3 Å². The van der Waals surface area contributed by atoms with Gasteiger partial charge in [-0.15, -0.1) is 5.53 Å². The van der Waals surface area contributed by atoms with Gasteiger partial charge in [-0.3, -0.25) is 9.99 Å². The first kappa shape index (κ1) is 25.0. The maximum absolute atomic E-state index is 13.8. The predicted octanol–water partition coefficient (Wildman–Crippen LogP) is 5.59. The highest BCUT2D eigenvalue weighted by molar-refractivity contribution is 5.99. The van der Waals surface area contributed by atoms with Gasteiger partial charge in [-0.25, -0.2) is 4.39 Å². The van der Waals surface area contributed by atoms with E-state index in [4.69, 9.17) is 0 Å². The monoisotopic (exact) mass is 522 g/mol. The van der Waals surface area contributed by atoms with Crippen LogP contribution >= 0.6 is 0 Å². The number of nitriles is 2. The lowest BCUT2D eigenvalue weighted by atomic mass is 9.87. The molecule has 2 aliphatic carbocycles. The number of pyridine rings is 1. The Bertz CT molecular complexity index is 1530. The van der Waals surface area contributed by atoms with E-state index in [0.717, 1.165) is 48.8 Å². The second-order valence-electron chi connectivity index (χ2n) is 11.4. The Morgan fingerprint density at radius 2 is 1.87 bits per heavy atom. The van der Waals surface area contributed by atoms with Gasteiger partial charge in [0.2, 0.25) is 0 Å². The lowest BCUT2D eigenvalue weighted by Crippen LogP contribution is -2.38. The van der Waals surface area contributed by atoms with Crippen molar-refractivity contribution in [3.63, 3.8) is 0 Å². The third-order valence-corrected chi connectivity index (χ3v) is 8.16. The van der Waals surface area contributed by atoms with Gasteiger partial charge < -0.3 is 16.1 Å². The molecule has 2 saturated carbocycles. The Hall–Kier alpha value is -4.34. The average Bonchev–Trinajstić information content (AvgIpc) is 3.57. The number of hydrogen-bond acceptors (Lipinski definition) is 8. The summed E-state index contributed by atoms with van der Waals surface area (Å²) in [6.07, 6.45) is 9.10. The van der Waals surface area contributed by atoms with Crippen molar-refractivity contribution < 1.29 is 4.39 Å². The van der Waals surface area contributed by atoms with Crippen LogP contribution < -0.4 is 21.6 Å². The Morgan fingerprint density at radius 1 is 1.10 bits per heavy atom. The molecule has 1 aliphatic heterocycles. The number of hydrazine groups is 2. The zero-order valence-corrected chi connectivity index (χ0v) is 22.1. The summed E-state index contributed by atoms with van der Waals surface area (Å²) >= 11 is 0. The third-order valence-electron chi connectivity index (χ3n) is 8.16. The lowest BCUT2D eigenvalue weighted by Gasteiger charge is -2.29. The molecular weight excluding hydrogens is 491 g/mol. The van der Waals surface area contributed by atoms with E-state index in [1.165, 1.54) is 12.1 Å². The predicted molar refractivity (Wildman–Crippen MR) is 148 cm³/mol. The van der Waals surface area contributed by atoms with Crippen LogP contribution in [0.25, 0.3) is 10.9 Å². The lowest BCUT2D eigenvalue weighted by molar-refractivity contribution is 0.260. The van der Waals surface area contributed by atoms with E-state index in [0.29, 0.717) is 34.1 Å². The average molecular weight is 523 g/mol. The van der Waals surface area contributed by atoms with Crippen molar-refractivity contribution in [1.29, 1.82) is 10.5 Å². The van der Waals surface area contributed by atoms with Crippen molar-refractivity contribution in [2.24, 2.45) is 5.41 Å². The first-order chi connectivity index (χ1) is 18.9. The Labute approximate surface area is 227 Å². The van der Waals surface area contributed by atoms with E-state index in [1.54, 1.807) is 24.4 Å². The molecule has 4 N–H and O–H groups in total. The van der Waals surface area contributed by atoms with Gasteiger partial charge in [0, 0.05) is 35.6 Å². The Balaban J connectivity index is 1.43. The second kappa shape index (κ2) is 9.76. The first-order valence-corrected chi connectivity index (χ1v) is 13.4. The summed E-state index contributed by atoms with van der Waals surface area (Å²) in [7, 11) is 0. The molecule has 0 saturated heterocycles. The normalized spacial score (nSPS) is 20.6. The van der Waals surface area contributed by atoms with Gasteiger partial charge in [-0.1, -0.05) is 32.4 Å². The second-order valence-corrected chi connectivity index (χ2v) is 11.4. The van der Waals surface area contributed by atoms with Crippen LogP contribution in [0.2, 0.25) is 0 Å².